The van der Waals surface area contributed by atoms with Gasteiger partial charge in [0.2, 0.25) is 11.8 Å². The van der Waals surface area contributed by atoms with Crippen LogP contribution in [0.25, 0.3) is 0 Å². The molecule has 0 aromatic heterocycles. The maximum absolute atomic E-state index is 12.1. The fourth-order valence-electron chi connectivity index (χ4n) is 2.94. The van der Waals surface area contributed by atoms with Gasteiger partial charge in [0.25, 0.3) is 0 Å². The average molecular weight is 282 g/mol. The van der Waals surface area contributed by atoms with Gasteiger partial charge >= 0.3 is 0 Å². The summed E-state index contributed by atoms with van der Waals surface area (Å²) in [7, 11) is 0. The number of piperazine rings is 1. The van der Waals surface area contributed by atoms with Crippen molar-refractivity contribution in [2.45, 2.75) is 38.8 Å². The monoisotopic (exact) mass is 282 g/mol. The van der Waals surface area contributed by atoms with Crippen LogP contribution in [0.1, 0.15) is 26.7 Å². The number of carbonyl (C=O) groups excluding carboxylic acids is 2. The van der Waals surface area contributed by atoms with Gasteiger partial charge in [-0.3, -0.25) is 19.8 Å². The zero-order valence-corrected chi connectivity index (χ0v) is 12.4. The van der Waals surface area contributed by atoms with E-state index in [1.807, 2.05) is 0 Å². The van der Waals surface area contributed by atoms with Crippen LogP contribution in [0.3, 0.4) is 0 Å². The largest absolute Gasteiger partial charge is 0.353 e. The van der Waals surface area contributed by atoms with Crippen molar-refractivity contribution in [2.75, 3.05) is 32.7 Å². The first-order chi connectivity index (χ1) is 9.58. The van der Waals surface area contributed by atoms with Crippen molar-refractivity contribution in [1.29, 1.82) is 0 Å². The van der Waals surface area contributed by atoms with Gasteiger partial charge in [0, 0.05) is 19.1 Å². The van der Waals surface area contributed by atoms with Gasteiger partial charge in [0.05, 0.1) is 6.54 Å². The molecule has 2 amide bonds. The number of rotatable bonds is 5. The van der Waals surface area contributed by atoms with Crippen molar-refractivity contribution >= 4 is 11.8 Å². The highest BCUT2D eigenvalue weighted by atomic mass is 16.2. The summed E-state index contributed by atoms with van der Waals surface area (Å²) < 4.78 is 0. The molecular formula is C14H26N4O2. The molecule has 2 atom stereocenters. The molecule has 0 spiro atoms. The van der Waals surface area contributed by atoms with E-state index in [9.17, 15) is 9.59 Å². The van der Waals surface area contributed by atoms with E-state index >= 15 is 0 Å². The maximum Gasteiger partial charge on any atom is 0.239 e. The molecule has 2 saturated heterocycles. The SMILES string of the molecule is CC(C)C(CNC(=O)C1CNC(=O)CN1)N1CCCC1. The van der Waals surface area contributed by atoms with Crippen LogP contribution < -0.4 is 16.0 Å². The molecule has 0 bridgehead atoms. The van der Waals surface area contributed by atoms with Crippen LogP contribution in [0.5, 0.6) is 0 Å². The number of hydrogen-bond acceptors (Lipinski definition) is 4. The van der Waals surface area contributed by atoms with Crippen molar-refractivity contribution in [3.8, 4) is 0 Å². The van der Waals surface area contributed by atoms with Gasteiger partial charge in [-0.25, -0.2) is 0 Å². The van der Waals surface area contributed by atoms with Crippen LogP contribution in [0.2, 0.25) is 0 Å². The molecular weight excluding hydrogens is 256 g/mol. The summed E-state index contributed by atoms with van der Waals surface area (Å²) in [6.45, 7) is 7.95. The van der Waals surface area contributed by atoms with Crippen molar-refractivity contribution in [2.24, 2.45) is 5.92 Å². The van der Waals surface area contributed by atoms with Crippen molar-refractivity contribution in [3.05, 3.63) is 0 Å². The second-order valence-electron chi connectivity index (χ2n) is 6.04. The number of likely N-dealkylation sites (tertiary alicyclic amines) is 1. The summed E-state index contributed by atoms with van der Waals surface area (Å²) in [5.74, 6) is 0.452. The van der Waals surface area contributed by atoms with Gasteiger partial charge in [-0.05, 0) is 31.8 Å². The van der Waals surface area contributed by atoms with E-state index in [0.29, 0.717) is 25.0 Å². The summed E-state index contributed by atoms with van der Waals surface area (Å²) in [5, 5.41) is 8.69. The molecule has 2 heterocycles. The van der Waals surface area contributed by atoms with Crippen LogP contribution in [0, 0.1) is 5.92 Å². The Kier molecular flexibility index (Phi) is 5.37. The summed E-state index contributed by atoms with van der Waals surface area (Å²) in [5.41, 5.74) is 0. The first-order valence-electron chi connectivity index (χ1n) is 7.59. The molecule has 0 saturated carbocycles. The van der Waals surface area contributed by atoms with E-state index in [-0.39, 0.29) is 24.4 Å². The summed E-state index contributed by atoms with van der Waals surface area (Å²) >= 11 is 0. The van der Waals surface area contributed by atoms with Gasteiger partial charge in [-0.15, -0.1) is 0 Å². The molecule has 3 N–H and O–H groups in total. The zero-order valence-electron chi connectivity index (χ0n) is 12.4. The first kappa shape index (κ1) is 15.3. The molecule has 2 fully saturated rings. The van der Waals surface area contributed by atoms with Crippen LogP contribution >= 0.6 is 0 Å². The molecule has 0 aromatic rings. The summed E-state index contributed by atoms with van der Waals surface area (Å²) in [6, 6.07) is 0.0960. The zero-order chi connectivity index (χ0) is 14.5. The van der Waals surface area contributed by atoms with E-state index < -0.39 is 0 Å². The quantitative estimate of drug-likeness (QED) is 0.624. The number of nitrogens with one attached hydrogen (secondary N) is 3. The lowest BCUT2D eigenvalue weighted by atomic mass is 10.0. The molecule has 6 heteroatoms. The smallest absolute Gasteiger partial charge is 0.239 e. The second kappa shape index (κ2) is 7.04. The Hall–Kier alpha value is -1.14. The third-order valence-corrected chi connectivity index (χ3v) is 4.19. The van der Waals surface area contributed by atoms with E-state index in [0.717, 1.165) is 13.1 Å². The third kappa shape index (κ3) is 3.93. The Labute approximate surface area is 120 Å². The number of carbonyl (C=O) groups is 2. The standard InChI is InChI=1S/C14H26N4O2/c1-10(2)12(18-5-3-4-6-18)8-17-14(20)11-7-16-13(19)9-15-11/h10-12,15H,3-9H2,1-2H3,(H,16,19)(H,17,20). The molecule has 2 unspecified atom stereocenters. The molecule has 6 nitrogen and oxygen atoms in total. The number of nitrogens with zero attached hydrogens (tertiary/aromatic N) is 1. The lowest BCUT2D eigenvalue weighted by Gasteiger charge is -2.32. The minimum absolute atomic E-state index is 0.0187. The summed E-state index contributed by atoms with van der Waals surface area (Å²) in [4.78, 5) is 25.6. The van der Waals surface area contributed by atoms with Crippen LogP contribution in [-0.4, -0.2) is 61.5 Å². The highest BCUT2D eigenvalue weighted by Crippen LogP contribution is 2.17. The Balaban J connectivity index is 1.79. The Morgan fingerprint density at radius 2 is 2.10 bits per heavy atom. The topological polar surface area (TPSA) is 73.5 Å². The molecule has 2 aliphatic rings. The third-order valence-electron chi connectivity index (χ3n) is 4.19. The molecule has 0 aliphatic carbocycles. The molecule has 2 rings (SSSR count). The van der Waals surface area contributed by atoms with Crippen molar-refractivity contribution in [3.63, 3.8) is 0 Å². The van der Waals surface area contributed by atoms with Gasteiger partial charge in [-0.1, -0.05) is 13.8 Å². The Morgan fingerprint density at radius 1 is 1.40 bits per heavy atom. The van der Waals surface area contributed by atoms with Crippen molar-refractivity contribution in [1.82, 2.24) is 20.9 Å². The van der Waals surface area contributed by atoms with Gasteiger partial charge in [-0.2, -0.15) is 0 Å². The molecule has 114 valence electrons. The van der Waals surface area contributed by atoms with E-state index in [4.69, 9.17) is 0 Å². The van der Waals surface area contributed by atoms with Gasteiger partial charge in [0.1, 0.15) is 6.04 Å². The number of amides is 2. The first-order valence-corrected chi connectivity index (χ1v) is 7.59. The number of hydrogen-bond donors (Lipinski definition) is 3. The highest BCUT2D eigenvalue weighted by molar-refractivity contribution is 5.86. The maximum atomic E-state index is 12.1. The minimum atomic E-state index is -0.306. The second-order valence-corrected chi connectivity index (χ2v) is 6.04. The summed E-state index contributed by atoms with van der Waals surface area (Å²) in [6.07, 6.45) is 2.51. The van der Waals surface area contributed by atoms with Crippen LogP contribution in [-0.2, 0) is 9.59 Å². The van der Waals surface area contributed by atoms with Crippen molar-refractivity contribution < 1.29 is 9.59 Å². The molecule has 0 radical (unpaired) electrons. The molecule has 2 aliphatic heterocycles. The fraction of sp³-hybridized carbons (Fsp3) is 0.857. The lowest BCUT2D eigenvalue weighted by Crippen LogP contribution is -2.59. The van der Waals surface area contributed by atoms with E-state index in [1.54, 1.807) is 0 Å². The van der Waals surface area contributed by atoms with Crippen LogP contribution in [0.15, 0.2) is 0 Å². The normalized spacial score (nSPS) is 25.6. The highest BCUT2D eigenvalue weighted by Gasteiger charge is 2.27. The predicted octanol–water partition coefficient (Wildman–Crippen LogP) is -0.689. The predicted molar refractivity (Wildman–Crippen MR) is 77.2 cm³/mol. The average Bonchev–Trinajstić information content (AvgIpc) is 2.93. The van der Waals surface area contributed by atoms with Gasteiger partial charge < -0.3 is 10.6 Å². The van der Waals surface area contributed by atoms with E-state index in [2.05, 4.69) is 34.7 Å². The lowest BCUT2D eigenvalue weighted by molar-refractivity contribution is -0.126. The van der Waals surface area contributed by atoms with E-state index in [1.165, 1.54) is 12.8 Å². The fourth-order valence-corrected chi connectivity index (χ4v) is 2.94. The van der Waals surface area contributed by atoms with Gasteiger partial charge in [0.15, 0.2) is 0 Å². The minimum Gasteiger partial charge on any atom is -0.353 e. The van der Waals surface area contributed by atoms with Crippen LogP contribution in [0.4, 0.5) is 0 Å². The Morgan fingerprint density at radius 3 is 2.65 bits per heavy atom. The molecule has 0 aromatic carbocycles. The molecule has 20 heavy (non-hydrogen) atoms. The Bertz CT molecular complexity index is 343.